The van der Waals surface area contributed by atoms with Gasteiger partial charge in [-0.2, -0.15) is 0 Å². The SMILES string of the molecule is CC(C)C(C)c1nc2cccnc2s1. The first-order valence-electron chi connectivity index (χ1n) is 4.90. The maximum Gasteiger partial charge on any atom is 0.143 e. The van der Waals surface area contributed by atoms with Crippen molar-refractivity contribution in [2.24, 2.45) is 5.92 Å². The number of rotatable bonds is 2. The lowest BCUT2D eigenvalue weighted by Crippen LogP contribution is -2.00. The molecule has 74 valence electrons. The van der Waals surface area contributed by atoms with Crippen molar-refractivity contribution in [3.8, 4) is 0 Å². The van der Waals surface area contributed by atoms with E-state index < -0.39 is 0 Å². The molecule has 2 heterocycles. The highest BCUT2D eigenvalue weighted by atomic mass is 32.1. The monoisotopic (exact) mass is 206 g/mol. The highest BCUT2D eigenvalue weighted by Gasteiger charge is 2.14. The van der Waals surface area contributed by atoms with Crippen LogP contribution >= 0.6 is 11.3 Å². The van der Waals surface area contributed by atoms with Gasteiger partial charge in [0.1, 0.15) is 10.3 Å². The minimum Gasteiger partial charge on any atom is -0.244 e. The van der Waals surface area contributed by atoms with E-state index >= 15 is 0 Å². The largest absolute Gasteiger partial charge is 0.244 e. The lowest BCUT2D eigenvalue weighted by atomic mass is 9.99. The second kappa shape index (κ2) is 3.65. The van der Waals surface area contributed by atoms with Crippen molar-refractivity contribution < 1.29 is 0 Å². The number of hydrogen-bond acceptors (Lipinski definition) is 3. The maximum absolute atomic E-state index is 4.59. The van der Waals surface area contributed by atoms with Gasteiger partial charge in [0.15, 0.2) is 0 Å². The Labute approximate surface area is 88.0 Å². The smallest absolute Gasteiger partial charge is 0.143 e. The molecule has 3 heteroatoms. The summed E-state index contributed by atoms with van der Waals surface area (Å²) in [6.45, 7) is 6.68. The van der Waals surface area contributed by atoms with Crippen molar-refractivity contribution >= 4 is 21.7 Å². The van der Waals surface area contributed by atoms with Crippen LogP contribution in [0.5, 0.6) is 0 Å². The molecular formula is C11H14N2S. The zero-order chi connectivity index (χ0) is 10.1. The molecule has 0 N–H and O–H groups in total. The summed E-state index contributed by atoms with van der Waals surface area (Å²) in [6.07, 6.45) is 1.82. The number of pyridine rings is 1. The Bertz CT molecular complexity index is 401. The quantitative estimate of drug-likeness (QED) is 0.752. The summed E-state index contributed by atoms with van der Waals surface area (Å²) in [5.74, 6) is 1.16. The van der Waals surface area contributed by atoms with Gasteiger partial charge in [0.25, 0.3) is 0 Å². The number of nitrogens with zero attached hydrogens (tertiary/aromatic N) is 2. The molecule has 2 nitrogen and oxygen atoms in total. The zero-order valence-corrected chi connectivity index (χ0v) is 9.51. The number of hydrogen-bond donors (Lipinski definition) is 0. The third kappa shape index (κ3) is 1.64. The standard InChI is InChI=1S/C11H14N2S/c1-7(2)8(3)10-13-9-5-4-6-12-11(9)14-10/h4-8H,1-3H3. The molecule has 0 radical (unpaired) electrons. The molecule has 2 rings (SSSR count). The van der Waals surface area contributed by atoms with E-state index in [1.165, 1.54) is 5.01 Å². The minimum atomic E-state index is 0.522. The van der Waals surface area contributed by atoms with E-state index in [-0.39, 0.29) is 0 Å². The van der Waals surface area contributed by atoms with Crippen LogP contribution in [0.2, 0.25) is 0 Å². The Balaban J connectivity index is 2.45. The predicted molar refractivity (Wildman–Crippen MR) is 60.7 cm³/mol. The molecule has 0 aliphatic heterocycles. The Morgan fingerprint density at radius 3 is 2.71 bits per heavy atom. The predicted octanol–water partition coefficient (Wildman–Crippen LogP) is 3.45. The Kier molecular flexibility index (Phi) is 2.50. The molecule has 14 heavy (non-hydrogen) atoms. The third-order valence-electron chi connectivity index (χ3n) is 2.57. The van der Waals surface area contributed by atoms with Gasteiger partial charge in [-0.15, -0.1) is 0 Å². The first-order chi connectivity index (χ1) is 6.68. The number of thiazole rings is 1. The van der Waals surface area contributed by atoms with E-state index in [2.05, 4.69) is 30.7 Å². The molecule has 0 aromatic carbocycles. The van der Waals surface area contributed by atoms with Gasteiger partial charge in [-0.1, -0.05) is 32.1 Å². The second-order valence-electron chi connectivity index (χ2n) is 3.91. The topological polar surface area (TPSA) is 25.8 Å². The van der Waals surface area contributed by atoms with E-state index in [1.807, 2.05) is 18.3 Å². The fraction of sp³-hybridized carbons (Fsp3) is 0.455. The summed E-state index contributed by atoms with van der Waals surface area (Å²) in [6, 6.07) is 3.96. The van der Waals surface area contributed by atoms with E-state index in [0.29, 0.717) is 11.8 Å². The number of aromatic nitrogens is 2. The van der Waals surface area contributed by atoms with Crippen LogP contribution in [0.4, 0.5) is 0 Å². The number of fused-ring (bicyclic) bond motifs is 1. The fourth-order valence-corrected chi connectivity index (χ4v) is 2.40. The second-order valence-corrected chi connectivity index (χ2v) is 4.92. The van der Waals surface area contributed by atoms with Crippen LogP contribution in [-0.2, 0) is 0 Å². The van der Waals surface area contributed by atoms with Gasteiger partial charge in [0, 0.05) is 12.1 Å². The highest BCUT2D eigenvalue weighted by Crippen LogP contribution is 2.29. The summed E-state index contributed by atoms with van der Waals surface area (Å²) >= 11 is 1.71. The van der Waals surface area contributed by atoms with Gasteiger partial charge in [-0.25, -0.2) is 9.97 Å². The van der Waals surface area contributed by atoms with Gasteiger partial charge in [0.05, 0.1) is 5.01 Å². The van der Waals surface area contributed by atoms with E-state index in [4.69, 9.17) is 0 Å². The fourth-order valence-electron chi connectivity index (χ4n) is 1.27. The summed E-state index contributed by atoms with van der Waals surface area (Å²) in [4.78, 5) is 9.94. The van der Waals surface area contributed by atoms with E-state index in [0.717, 1.165) is 10.3 Å². The van der Waals surface area contributed by atoms with Crippen LogP contribution in [-0.4, -0.2) is 9.97 Å². The third-order valence-corrected chi connectivity index (χ3v) is 3.75. The van der Waals surface area contributed by atoms with Gasteiger partial charge in [-0.05, 0) is 18.1 Å². The van der Waals surface area contributed by atoms with Crippen molar-refractivity contribution in [2.75, 3.05) is 0 Å². The molecule has 0 fully saturated rings. The normalized spacial score (nSPS) is 13.7. The molecule has 0 aliphatic rings. The molecule has 0 spiro atoms. The minimum absolute atomic E-state index is 0.522. The molecule has 0 bridgehead atoms. The molecule has 1 atom stereocenters. The average molecular weight is 206 g/mol. The van der Waals surface area contributed by atoms with Gasteiger partial charge < -0.3 is 0 Å². The summed E-state index contributed by atoms with van der Waals surface area (Å²) in [7, 11) is 0. The molecule has 2 aromatic heterocycles. The van der Waals surface area contributed by atoms with E-state index in [9.17, 15) is 0 Å². The van der Waals surface area contributed by atoms with Crippen molar-refractivity contribution in [1.82, 2.24) is 9.97 Å². The van der Waals surface area contributed by atoms with Crippen molar-refractivity contribution in [3.05, 3.63) is 23.3 Å². The van der Waals surface area contributed by atoms with Crippen molar-refractivity contribution in [1.29, 1.82) is 0 Å². The van der Waals surface area contributed by atoms with Crippen molar-refractivity contribution in [3.63, 3.8) is 0 Å². The highest BCUT2D eigenvalue weighted by molar-refractivity contribution is 7.18. The van der Waals surface area contributed by atoms with Crippen molar-refractivity contribution in [2.45, 2.75) is 26.7 Å². The molecule has 0 aliphatic carbocycles. The summed E-state index contributed by atoms with van der Waals surface area (Å²) in [5.41, 5.74) is 1.03. The molecule has 0 saturated heterocycles. The molecule has 1 unspecified atom stereocenters. The Hall–Kier alpha value is -0.960. The molecule has 2 aromatic rings. The first kappa shape index (κ1) is 9.59. The Morgan fingerprint density at radius 2 is 2.07 bits per heavy atom. The molecular weight excluding hydrogens is 192 g/mol. The summed E-state index contributed by atoms with van der Waals surface area (Å²) in [5, 5.41) is 1.20. The van der Waals surface area contributed by atoms with Gasteiger partial charge >= 0.3 is 0 Å². The lowest BCUT2D eigenvalue weighted by Gasteiger charge is -2.10. The van der Waals surface area contributed by atoms with Crippen LogP contribution in [0, 0.1) is 5.92 Å². The molecule has 0 saturated carbocycles. The van der Waals surface area contributed by atoms with Crippen LogP contribution in [0.15, 0.2) is 18.3 Å². The van der Waals surface area contributed by atoms with Crippen LogP contribution in [0.25, 0.3) is 10.3 Å². The average Bonchev–Trinajstić information content (AvgIpc) is 2.59. The maximum atomic E-state index is 4.59. The summed E-state index contributed by atoms with van der Waals surface area (Å²) < 4.78 is 0. The Morgan fingerprint density at radius 1 is 1.29 bits per heavy atom. The lowest BCUT2D eigenvalue weighted by molar-refractivity contribution is 0.533. The van der Waals surface area contributed by atoms with Gasteiger partial charge in [0.2, 0.25) is 0 Å². The van der Waals surface area contributed by atoms with Crippen LogP contribution in [0.1, 0.15) is 31.7 Å². The first-order valence-corrected chi connectivity index (χ1v) is 5.71. The zero-order valence-electron chi connectivity index (χ0n) is 8.69. The van der Waals surface area contributed by atoms with Crippen LogP contribution in [0.3, 0.4) is 0 Å². The van der Waals surface area contributed by atoms with E-state index in [1.54, 1.807) is 11.3 Å². The van der Waals surface area contributed by atoms with Gasteiger partial charge in [-0.3, -0.25) is 0 Å². The molecule has 0 amide bonds. The van der Waals surface area contributed by atoms with Crippen LogP contribution < -0.4 is 0 Å².